The molecule has 2 heterocycles. The Labute approximate surface area is 121 Å². The number of likely N-dealkylation sites (tertiary alicyclic amines) is 1. The summed E-state index contributed by atoms with van der Waals surface area (Å²) in [5.41, 5.74) is 1.84. The van der Waals surface area contributed by atoms with Gasteiger partial charge in [-0.25, -0.2) is 4.39 Å². The zero-order valence-electron chi connectivity index (χ0n) is 12.7. The minimum Gasteiger partial charge on any atom is -0.316 e. The molecule has 1 aromatic carbocycles. The highest BCUT2D eigenvalue weighted by Gasteiger charge is 2.44. The largest absolute Gasteiger partial charge is 0.316 e. The van der Waals surface area contributed by atoms with Crippen molar-refractivity contribution in [1.29, 1.82) is 0 Å². The first-order valence-corrected chi connectivity index (χ1v) is 7.84. The molecule has 0 spiro atoms. The normalized spacial score (nSPS) is 31.5. The Morgan fingerprint density at radius 3 is 2.90 bits per heavy atom. The Hall–Kier alpha value is -0.930. The van der Waals surface area contributed by atoms with E-state index in [-0.39, 0.29) is 5.82 Å². The highest BCUT2D eigenvalue weighted by Crippen LogP contribution is 2.39. The van der Waals surface area contributed by atoms with Gasteiger partial charge in [-0.1, -0.05) is 19.1 Å². The third-order valence-corrected chi connectivity index (χ3v) is 5.35. The fourth-order valence-electron chi connectivity index (χ4n) is 4.10. The number of aryl methyl sites for hydroxylation is 1. The summed E-state index contributed by atoms with van der Waals surface area (Å²) in [7, 11) is 0. The number of nitrogens with zero attached hydrogens (tertiary/aromatic N) is 1. The van der Waals surface area contributed by atoms with Crippen LogP contribution in [0, 0.1) is 24.6 Å². The van der Waals surface area contributed by atoms with Crippen molar-refractivity contribution < 1.29 is 4.39 Å². The van der Waals surface area contributed by atoms with Crippen LogP contribution in [0.2, 0.25) is 0 Å². The van der Waals surface area contributed by atoms with Gasteiger partial charge in [0.2, 0.25) is 0 Å². The Bertz CT molecular complexity index is 488. The van der Waals surface area contributed by atoms with E-state index in [0.29, 0.717) is 12.1 Å². The maximum absolute atomic E-state index is 13.8. The molecule has 3 heteroatoms. The van der Waals surface area contributed by atoms with E-state index in [1.54, 1.807) is 6.07 Å². The third kappa shape index (κ3) is 2.27. The first kappa shape index (κ1) is 14.0. The SMILES string of the molecule is CCC1C2CNCC2CN1C(C)c1ccc(C)c(F)c1. The van der Waals surface area contributed by atoms with Crippen molar-refractivity contribution >= 4 is 0 Å². The van der Waals surface area contributed by atoms with Crippen LogP contribution in [0.1, 0.15) is 37.4 Å². The number of benzene rings is 1. The van der Waals surface area contributed by atoms with Crippen LogP contribution in [0.3, 0.4) is 0 Å². The molecule has 1 N–H and O–H groups in total. The lowest BCUT2D eigenvalue weighted by Gasteiger charge is -2.32. The van der Waals surface area contributed by atoms with Gasteiger partial charge >= 0.3 is 0 Å². The predicted octanol–water partition coefficient (Wildman–Crippen LogP) is 3.12. The molecule has 2 nitrogen and oxygen atoms in total. The average Bonchev–Trinajstić information content (AvgIpc) is 3.01. The van der Waals surface area contributed by atoms with Gasteiger partial charge in [0.25, 0.3) is 0 Å². The molecule has 20 heavy (non-hydrogen) atoms. The first-order chi connectivity index (χ1) is 9.61. The molecule has 0 saturated carbocycles. The van der Waals surface area contributed by atoms with Gasteiger partial charge in [-0.2, -0.15) is 0 Å². The molecule has 2 aliphatic heterocycles. The second-order valence-electron chi connectivity index (χ2n) is 6.44. The van der Waals surface area contributed by atoms with Crippen LogP contribution in [-0.4, -0.2) is 30.6 Å². The quantitative estimate of drug-likeness (QED) is 0.912. The molecule has 110 valence electrons. The van der Waals surface area contributed by atoms with Crippen LogP contribution in [0.15, 0.2) is 18.2 Å². The van der Waals surface area contributed by atoms with Crippen LogP contribution in [0.5, 0.6) is 0 Å². The molecule has 2 saturated heterocycles. The molecule has 0 aromatic heterocycles. The monoisotopic (exact) mass is 276 g/mol. The summed E-state index contributed by atoms with van der Waals surface area (Å²) in [5, 5.41) is 3.52. The molecule has 2 fully saturated rings. The van der Waals surface area contributed by atoms with Gasteiger partial charge in [0, 0.05) is 18.6 Å². The fourth-order valence-corrected chi connectivity index (χ4v) is 4.10. The van der Waals surface area contributed by atoms with Crippen molar-refractivity contribution in [1.82, 2.24) is 10.2 Å². The molecule has 2 aliphatic rings. The number of halogens is 1. The molecule has 4 unspecified atom stereocenters. The number of nitrogens with one attached hydrogen (secondary N) is 1. The molecule has 3 rings (SSSR count). The number of fused-ring (bicyclic) bond motifs is 1. The molecule has 4 atom stereocenters. The molecule has 0 radical (unpaired) electrons. The van der Waals surface area contributed by atoms with E-state index < -0.39 is 0 Å². The fraction of sp³-hybridized carbons (Fsp3) is 0.647. The van der Waals surface area contributed by atoms with Crippen molar-refractivity contribution in [3.63, 3.8) is 0 Å². The van der Waals surface area contributed by atoms with Crippen molar-refractivity contribution in [3.05, 3.63) is 35.1 Å². The predicted molar refractivity (Wildman–Crippen MR) is 80.2 cm³/mol. The Balaban J connectivity index is 1.82. The van der Waals surface area contributed by atoms with Gasteiger partial charge in [0.1, 0.15) is 5.82 Å². The van der Waals surface area contributed by atoms with Gasteiger partial charge in [-0.05, 0) is 62.4 Å². The van der Waals surface area contributed by atoms with Gasteiger partial charge in [-0.3, -0.25) is 4.90 Å². The standard InChI is InChI=1S/C17H25FN2/c1-4-17-15-9-19-8-14(15)10-20(17)12(3)13-6-5-11(2)16(18)7-13/h5-7,12,14-15,17,19H,4,8-10H2,1-3H3. The Morgan fingerprint density at radius 2 is 2.20 bits per heavy atom. The summed E-state index contributed by atoms with van der Waals surface area (Å²) in [4.78, 5) is 2.60. The number of hydrogen-bond donors (Lipinski definition) is 1. The second kappa shape index (κ2) is 5.45. The molecule has 0 amide bonds. The highest BCUT2D eigenvalue weighted by molar-refractivity contribution is 5.26. The Morgan fingerprint density at radius 1 is 1.40 bits per heavy atom. The first-order valence-electron chi connectivity index (χ1n) is 7.84. The van der Waals surface area contributed by atoms with E-state index >= 15 is 0 Å². The summed E-state index contributed by atoms with van der Waals surface area (Å²) in [6, 6.07) is 6.65. The zero-order chi connectivity index (χ0) is 14.3. The maximum atomic E-state index is 13.8. The van der Waals surface area contributed by atoms with Crippen LogP contribution in [0.4, 0.5) is 4.39 Å². The zero-order valence-corrected chi connectivity index (χ0v) is 12.7. The molecular formula is C17H25FN2. The maximum Gasteiger partial charge on any atom is 0.126 e. The average molecular weight is 276 g/mol. The molecular weight excluding hydrogens is 251 g/mol. The molecule has 0 bridgehead atoms. The van der Waals surface area contributed by atoms with Crippen LogP contribution in [-0.2, 0) is 0 Å². The minimum atomic E-state index is -0.0801. The van der Waals surface area contributed by atoms with E-state index in [4.69, 9.17) is 0 Å². The van der Waals surface area contributed by atoms with Crippen molar-refractivity contribution in [2.45, 2.75) is 39.3 Å². The third-order valence-electron chi connectivity index (χ3n) is 5.35. The van der Waals surface area contributed by atoms with Gasteiger partial charge in [0.05, 0.1) is 0 Å². The lowest BCUT2D eigenvalue weighted by atomic mass is 9.92. The van der Waals surface area contributed by atoms with E-state index in [1.807, 2.05) is 13.0 Å². The second-order valence-corrected chi connectivity index (χ2v) is 6.44. The van der Waals surface area contributed by atoms with E-state index in [9.17, 15) is 4.39 Å². The van der Waals surface area contributed by atoms with Crippen LogP contribution >= 0.6 is 0 Å². The van der Waals surface area contributed by atoms with Crippen LogP contribution in [0.25, 0.3) is 0 Å². The van der Waals surface area contributed by atoms with Crippen molar-refractivity contribution in [2.75, 3.05) is 19.6 Å². The van der Waals surface area contributed by atoms with Gasteiger partial charge in [-0.15, -0.1) is 0 Å². The van der Waals surface area contributed by atoms with E-state index in [2.05, 4.69) is 30.1 Å². The number of hydrogen-bond acceptors (Lipinski definition) is 2. The minimum absolute atomic E-state index is 0.0801. The summed E-state index contributed by atoms with van der Waals surface area (Å²) in [5.74, 6) is 1.47. The Kier molecular flexibility index (Phi) is 3.83. The summed E-state index contributed by atoms with van der Waals surface area (Å²) < 4.78 is 13.8. The number of rotatable bonds is 3. The van der Waals surface area contributed by atoms with E-state index in [0.717, 1.165) is 42.6 Å². The lowest BCUT2D eigenvalue weighted by Crippen LogP contribution is -2.37. The van der Waals surface area contributed by atoms with Gasteiger partial charge in [0.15, 0.2) is 0 Å². The van der Waals surface area contributed by atoms with Crippen LogP contribution < -0.4 is 5.32 Å². The molecule has 1 aromatic rings. The highest BCUT2D eigenvalue weighted by atomic mass is 19.1. The van der Waals surface area contributed by atoms with Gasteiger partial charge < -0.3 is 5.32 Å². The summed E-state index contributed by atoms with van der Waals surface area (Å²) >= 11 is 0. The lowest BCUT2D eigenvalue weighted by molar-refractivity contribution is 0.165. The van der Waals surface area contributed by atoms with Crippen molar-refractivity contribution in [3.8, 4) is 0 Å². The smallest absolute Gasteiger partial charge is 0.126 e. The summed E-state index contributed by atoms with van der Waals surface area (Å²) in [6.07, 6.45) is 1.18. The van der Waals surface area contributed by atoms with Crippen molar-refractivity contribution in [2.24, 2.45) is 11.8 Å². The molecule has 0 aliphatic carbocycles. The summed E-state index contributed by atoms with van der Waals surface area (Å²) in [6.45, 7) is 9.76. The van der Waals surface area contributed by atoms with E-state index in [1.165, 1.54) is 6.42 Å². The topological polar surface area (TPSA) is 15.3 Å².